The Labute approximate surface area is 106 Å². The van der Waals surface area contributed by atoms with Crippen molar-refractivity contribution >= 4 is 11.6 Å². The Hall–Kier alpha value is -2.15. The van der Waals surface area contributed by atoms with Gasteiger partial charge in [0.05, 0.1) is 19.9 Å². The molecule has 0 bridgehead atoms. The third-order valence-electron chi connectivity index (χ3n) is 3.01. The number of nitrogens with zero attached hydrogens (tertiary/aromatic N) is 1. The Balaban J connectivity index is 2.33. The number of benzene rings is 1. The third-order valence-corrected chi connectivity index (χ3v) is 3.01. The van der Waals surface area contributed by atoms with E-state index >= 15 is 0 Å². The molecule has 1 aromatic carbocycles. The molecular formula is C14H15NO3. The average molecular weight is 245 g/mol. The molecule has 0 spiro atoms. The molecule has 1 unspecified atom stereocenters. The summed E-state index contributed by atoms with van der Waals surface area (Å²) in [6.45, 7) is 0.547. The molecule has 0 radical (unpaired) electrons. The van der Waals surface area contributed by atoms with Crippen LogP contribution in [-0.4, -0.2) is 26.7 Å². The van der Waals surface area contributed by atoms with Gasteiger partial charge in [-0.05, 0) is 0 Å². The third kappa shape index (κ3) is 2.25. The first kappa shape index (κ1) is 12.3. The second-order valence-electron chi connectivity index (χ2n) is 4.14. The summed E-state index contributed by atoms with van der Waals surface area (Å²) >= 11 is 0. The van der Waals surface area contributed by atoms with Gasteiger partial charge in [-0.3, -0.25) is 4.79 Å². The fraction of sp³-hybridized carbons (Fsp3) is 0.357. The number of carbonyl (C=O) groups is 1. The van der Waals surface area contributed by atoms with Crippen LogP contribution in [0.25, 0.3) is 0 Å². The van der Waals surface area contributed by atoms with E-state index in [0.29, 0.717) is 24.5 Å². The first-order chi connectivity index (χ1) is 8.67. The standard InChI is InChI=1S/C14H15NO3/c1-4-10-5-14(16)15(9-10)11-6-12(17-2)8-13(7-11)18-3/h1,6-8,10H,5,9H2,2-3H3. The highest BCUT2D eigenvalue weighted by Crippen LogP contribution is 2.31. The van der Waals surface area contributed by atoms with E-state index in [4.69, 9.17) is 15.9 Å². The molecular weight excluding hydrogens is 230 g/mol. The summed E-state index contributed by atoms with van der Waals surface area (Å²) in [5, 5.41) is 0. The van der Waals surface area contributed by atoms with Gasteiger partial charge in [0.25, 0.3) is 0 Å². The molecule has 1 aromatic rings. The normalized spacial score (nSPS) is 18.6. The fourth-order valence-corrected chi connectivity index (χ4v) is 2.02. The number of hydrogen-bond donors (Lipinski definition) is 0. The van der Waals surface area contributed by atoms with Crippen LogP contribution >= 0.6 is 0 Å². The Bertz CT molecular complexity index is 482. The number of amides is 1. The highest BCUT2D eigenvalue weighted by Gasteiger charge is 2.29. The van der Waals surface area contributed by atoms with Crippen LogP contribution in [0.2, 0.25) is 0 Å². The lowest BCUT2D eigenvalue weighted by Gasteiger charge is -2.18. The summed E-state index contributed by atoms with van der Waals surface area (Å²) < 4.78 is 10.4. The molecule has 18 heavy (non-hydrogen) atoms. The SMILES string of the molecule is C#CC1CC(=O)N(c2cc(OC)cc(OC)c2)C1. The molecule has 1 aliphatic rings. The quantitative estimate of drug-likeness (QED) is 0.761. The maximum absolute atomic E-state index is 11.9. The molecule has 1 aliphatic heterocycles. The van der Waals surface area contributed by atoms with Crippen LogP contribution in [0.1, 0.15) is 6.42 Å². The maximum atomic E-state index is 11.9. The number of methoxy groups -OCH3 is 2. The van der Waals surface area contributed by atoms with Gasteiger partial charge in [-0.1, -0.05) is 0 Å². The minimum atomic E-state index is -0.0188. The zero-order valence-corrected chi connectivity index (χ0v) is 10.5. The molecule has 1 saturated heterocycles. The van der Waals surface area contributed by atoms with Crippen molar-refractivity contribution in [1.82, 2.24) is 0 Å². The van der Waals surface area contributed by atoms with Crippen molar-refractivity contribution in [3.05, 3.63) is 18.2 Å². The molecule has 0 saturated carbocycles. The first-order valence-corrected chi connectivity index (χ1v) is 5.67. The minimum Gasteiger partial charge on any atom is -0.497 e. The molecule has 0 aliphatic carbocycles. The Morgan fingerprint density at radius 1 is 1.28 bits per heavy atom. The number of ether oxygens (including phenoxy) is 2. The second-order valence-corrected chi connectivity index (χ2v) is 4.14. The molecule has 1 fully saturated rings. The summed E-state index contributed by atoms with van der Waals surface area (Å²) in [7, 11) is 3.16. The monoisotopic (exact) mass is 245 g/mol. The highest BCUT2D eigenvalue weighted by molar-refractivity contribution is 5.96. The maximum Gasteiger partial charge on any atom is 0.228 e. The van der Waals surface area contributed by atoms with Gasteiger partial charge < -0.3 is 14.4 Å². The van der Waals surface area contributed by atoms with E-state index in [0.717, 1.165) is 5.69 Å². The second kappa shape index (κ2) is 5.01. The van der Waals surface area contributed by atoms with E-state index in [1.165, 1.54) is 0 Å². The molecule has 4 nitrogen and oxygen atoms in total. The molecule has 0 aromatic heterocycles. The van der Waals surface area contributed by atoms with Crippen LogP contribution in [0.15, 0.2) is 18.2 Å². The van der Waals surface area contributed by atoms with Crippen molar-refractivity contribution in [3.8, 4) is 23.8 Å². The van der Waals surface area contributed by atoms with Gasteiger partial charge in [0.15, 0.2) is 0 Å². The van der Waals surface area contributed by atoms with E-state index in [1.54, 1.807) is 37.3 Å². The topological polar surface area (TPSA) is 38.8 Å². The summed E-state index contributed by atoms with van der Waals surface area (Å²) in [5.74, 6) is 3.95. The molecule has 1 amide bonds. The number of terminal acetylenes is 1. The van der Waals surface area contributed by atoms with Gasteiger partial charge in [-0.15, -0.1) is 12.3 Å². The Morgan fingerprint density at radius 2 is 1.89 bits per heavy atom. The van der Waals surface area contributed by atoms with Crippen molar-refractivity contribution in [3.63, 3.8) is 0 Å². The van der Waals surface area contributed by atoms with Crippen LogP contribution in [0.4, 0.5) is 5.69 Å². The van der Waals surface area contributed by atoms with Gasteiger partial charge in [0.1, 0.15) is 11.5 Å². The number of hydrogen-bond acceptors (Lipinski definition) is 3. The van der Waals surface area contributed by atoms with E-state index < -0.39 is 0 Å². The van der Waals surface area contributed by atoms with E-state index in [9.17, 15) is 4.79 Å². The predicted molar refractivity (Wildman–Crippen MR) is 68.8 cm³/mol. The first-order valence-electron chi connectivity index (χ1n) is 5.67. The Morgan fingerprint density at radius 3 is 2.33 bits per heavy atom. The Kier molecular flexibility index (Phi) is 3.42. The molecule has 1 atom stereocenters. The molecule has 1 heterocycles. The fourth-order valence-electron chi connectivity index (χ4n) is 2.02. The molecule has 94 valence electrons. The summed E-state index contributed by atoms with van der Waals surface area (Å²) in [6.07, 6.45) is 5.77. The molecule has 4 heteroatoms. The molecule has 0 N–H and O–H groups in total. The van der Waals surface area contributed by atoms with E-state index in [2.05, 4.69) is 5.92 Å². The summed E-state index contributed by atoms with van der Waals surface area (Å²) in [4.78, 5) is 13.6. The average Bonchev–Trinajstić information content (AvgIpc) is 2.79. The lowest BCUT2D eigenvalue weighted by Crippen LogP contribution is -2.24. The van der Waals surface area contributed by atoms with E-state index in [1.807, 2.05) is 0 Å². The van der Waals surface area contributed by atoms with Gasteiger partial charge in [-0.2, -0.15) is 0 Å². The van der Waals surface area contributed by atoms with E-state index in [-0.39, 0.29) is 11.8 Å². The zero-order valence-electron chi connectivity index (χ0n) is 10.5. The number of rotatable bonds is 3. The largest absolute Gasteiger partial charge is 0.497 e. The van der Waals surface area contributed by atoms with Crippen molar-refractivity contribution in [2.24, 2.45) is 5.92 Å². The summed E-state index contributed by atoms with van der Waals surface area (Å²) in [6, 6.07) is 5.38. The van der Waals surface area contributed by atoms with Gasteiger partial charge in [0, 0.05) is 37.1 Å². The predicted octanol–water partition coefficient (Wildman–Crippen LogP) is 1.69. The van der Waals surface area contributed by atoms with Crippen LogP contribution in [0, 0.1) is 18.3 Å². The van der Waals surface area contributed by atoms with Crippen LogP contribution in [-0.2, 0) is 4.79 Å². The zero-order chi connectivity index (χ0) is 13.1. The van der Waals surface area contributed by atoms with Crippen molar-refractivity contribution in [2.45, 2.75) is 6.42 Å². The van der Waals surface area contributed by atoms with Gasteiger partial charge in [0.2, 0.25) is 5.91 Å². The van der Waals surface area contributed by atoms with Gasteiger partial charge >= 0.3 is 0 Å². The number of anilines is 1. The minimum absolute atomic E-state index is 0.0188. The van der Waals surface area contributed by atoms with Crippen LogP contribution < -0.4 is 14.4 Å². The highest BCUT2D eigenvalue weighted by atomic mass is 16.5. The molecule has 2 rings (SSSR count). The lowest BCUT2D eigenvalue weighted by atomic mass is 10.1. The van der Waals surface area contributed by atoms with Gasteiger partial charge in [-0.25, -0.2) is 0 Å². The van der Waals surface area contributed by atoms with Crippen molar-refractivity contribution in [2.75, 3.05) is 25.7 Å². The lowest BCUT2D eigenvalue weighted by molar-refractivity contribution is -0.117. The number of carbonyl (C=O) groups excluding carboxylic acids is 1. The van der Waals surface area contributed by atoms with Crippen LogP contribution in [0.3, 0.4) is 0 Å². The van der Waals surface area contributed by atoms with Crippen molar-refractivity contribution in [1.29, 1.82) is 0 Å². The smallest absolute Gasteiger partial charge is 0.228 e. The summed E-state index contributed by atoms with van der Waals surface area (Å²) in [5.41, 5.74) is 0.758. The van der Waals surface area contributed by atoms with Crippen LogP contribution in [0.5, 0.6) is 11.5 Å². The van der Waals surface area contributed by atoms with Crippen molar-refractivity contribution < 1.29 is 14.3 Å².